The van der Waals surface area contributed by atoms with Gasteiger partial charge in [0, 0.05) is 18.0 Å². The van der Waals surface area contributed by atoms with Crippen LogP contribution in [0.1, 0.15) is 43.4 Å². The van der Waals surface area contributed by atoms with Gasteiger partial charge < -0.3 is 19.9 Å². The number of rotatable bonds is 7. The first-order chi connectivity index (χ1) is 10.1. The molecule has 1 fully saturated rings. The van der Waals surface area contributed by atoms with Crippen molar-refractivity contribution in [3.05, 3.63) is 17.3 Å². The van der Waals surface area contributed by atoms with Gasteiger partial charge in [0.05, 0.1) is 19.9 Å². The minimum absolute atomic E-state index is 0.194. The molecule has 2 rings (SSSR count). The normalized spacial score (nSPS) is 15.4. The summed E-state index contributed by atoms with van der Waals surface area (Å²) in [5, 5.41) is 11.4. The van der Waals surface area contributed by atoms with Crippen molar-refractivity contribution in [3.63, 3.8) is 0 Å². The van der Waals surface area contributed by atoms with Crippen molar-refractivity contribution in [1.29, 1.82) is 0 Å². The number of carboxylic acid groups (broad SMARTS) is 1. The van der Waals surface area contributed by atoms with Crippen LogP contribution in [0.25, 0.3) is 0 Å². The Hall–Kier alpha value is -1.98. The molecule has 6 nitrogen and oxygen atoms in total. The van der Waals surface area contributed by atoms with E-state index in [1.54, 1.807) is 14.2 Å². The average Bonchev–Trinajstić information content (AvgIpc) is 3.30. The third-order valence-electron chi connectivity index (χ3n) is 3.75. The van der Waals surface area contributed by atoms with E-state index < -0.39 is 6.09 Å². The third kappa shape index (κ3) is 3.77. The molecule has 1 heterocycles. The Balaban J connectivity index is 2.26. The Labute approximate surface area is 124 Å². The molecule has 2 N–H and O–H groups in total. The van der Waals surface area contributed by atoms with Crippen LogP contribution in [0.2, 0.25) is 0 Å². The zero-order valence-corrected chi connectivity index (χ0v) is 12.7. The van der Waals surface area contributed by atoms with Gasteiger partial charge in [-0.25, -0.2) is 9.78 Å². The van der Waals surface area contributed by atoms with Crippen molar-refractivity contribution >= 4 is 6.09 Å². The quantitative estimate of drug-likeness (QED) is 0.808. The number of methoxy groups -OCH3 is 2. The molecule has 0 saturated heterocycles. The topological polar surface area (TPSA) is 80.7 Å². The van der Waals surface area contributed by atoms with Crippen molar-refractivity contribution in [2.24, 2.45) is 0 Å². The highest BCUT2D eigenvalue weighted by Gasteiger charge is 2.29. The smallest absolute Gasteiger partial charge is 0.404 e. The van der Waals surface area contributed by atoms with Gasteiger partial charge in [-0.1, -0.05) is 6.92 Å². The molecule has 1 aromatic rings. The monoisotopic (exact) mass is 294 g/mol. The zero-order chi connectivity index (χ0) is 15.4. The fraction of sp³-hybridized carbons (Fsp3) is 0.600. The number of amides is 1. The van der Waals surface area contributed by atoms with Gasteiger partial charge >= 0.3 is 6.09 Å². The molecule has 0 aromatic carbocycles. The minimum Gasteiger partial charge on any atom is -0.495 e. The number of hydrogen-bond acceptors (Lipinski definition) is 4. The predicted octanol–water partition coefficient (Wildman–Crippen LogP) is 2.56. The minimum atomic E-state index is -1.03. The second-order valence-electron chi connectivity index (χ2n) is 5.27. The fourth-order valence-corrected chi connectivity index (χ4v) is 2.41. The molecule has 1 amide bonds. The number of pyridine rings is 1. The molecular weight excluding hydrogens is 272 g/mol. The second kappa shape index (κ2) is 6.65. The summed E-state index contributed by atoms with van der Waals surface area (Å²) in [5.74, 6) is 1.83. The first kappa shape index (κ1) is 15.4. The lowest BCUT2D eigenvalue weighted by molar-refractivity contribution is 0.189. The molecular formula is C15H22N2O4. The molecule has 21 heavy (non-hydrogen) atoms. The maximum Gasteiger partial charge on any atom is 0.404 e. The van der Waals surface area contributed by atoms with E-state index >= 15 is 0 Å². The highest BCUT2D eigenvalue weighted by Crippen LogP contribution is 2.45. The van der Waals surface area contributed by atoms with Crippen LogP contribution in [-0.2, 0) is 6.42 Å². The molecule has 1 aromatic heterocycles. The lowest BCUT2D eigenvalue weighted by Crippen LogP contribution is -2.35. The molecule has 1 aliphatic carbocycles. The molecule has 116 valence electrons. The summed E-state index contributed by atoms with van der Waals surface area (Å²) in [6, 6.07) is 1.78. The number of nitrogens with one attached hydrogen (secondary N) is 1. The number of ether oxygens (including phenoxy) is 2. The largest absolute Gasteiger partial charge is 0.495 e. The molecule has 0 spiro atoms. The standard InChI is InChI=1S/C15H22N2O4/c1-4-10(16-15(18)19)7-12-13(20-2)8-11(9-5-6-9)14(17-12)21-3/h8-10,16H,4-7H2,1-3H3,(H,18,19). The molecule has 0 bridgehead atoms. The highest BCUT2D eigenvalue weighted by atomic mass is 16.5. The van der Waals surface area contributed by atoms with Crippen molar-refractivity contribution in [2.45, 2.75) is 44.6 Å². The summed E-state index contributed by atoms with van der Waals surface area (Å²) in [4.78, 5) is 15.3. The molecule has 1 atom stereocenters. The number of hydrogen-bond donors (Lipinski definition) is 2. The Morgan fingerprint density at radius 3 is 2.67 bits per heavy atom. The Morgan fingerprint density at radius 2 is 2.19 bits per heavy atom. The third-order valence-corrected chi connectivity index (χ3v) is 3.75. The van der Waals surface area contributed by atoms with Crippen LogP contribution < -0.4 is 14.8 Å². The van der Waals surface area contributed by atoms with Crippen molar-refractivity contribution in [1.82, 2.24) is 10.3 Å². The number of aromatic nitrogens is 1. The van der Waals surface area contributed by atoms with Gasteiger partial charge in [-0.3, -0.25) is 0 Å². The molecule has 1 saturated carbocycles. The average molecular weight is 294 g/mol. The van der Waals surface area contributed by atoms with Crippen LogP contribution in [0.3, 0.4) is 0 Å². The van der Waals surface area contributed by atoms with E-state index in [1.807, 2.05) is 13.0 Å². The van der Waals surface area contributed by atoms with E-state index in [9.17, 15) is 4.79 Å². The number of nitrogens with zero attached hydrogens (tertiary/aromatic N) is 1. The van der Waals surface area contributed by atoms with Crippen molar-refractivity contribution < 1.29 is 19.4 Å². The van der Waals surface area contributed by atoms with Gasteiger partial charge in [0.15, 0.2) is 0 Å². The molecule has 1 aliphatic rings. The maximum atomic E-state index is 10.8. The van der Waals surface area contributed by atoms with Gasteiger partial charge in [-0.2, -0.15) is 0 Å². The lowest BCUT2D eigenvalue weighted by Gasteiger charge is -2.18. The van der Waals surface area contributed by atoms with E-state index in [-0.39, 0.29) is 6.04 Å². The van der Waals surface area contributed by atoms with Gasteiger partial charge in [-0.05, 0) is 31.2 Å². The van der Waals surface area contributed by atoms with Crippen LogP contribution in [0.15, 0.2) is 6.07 Å². The Bertz CT molecular complexity index is 515. The molecule has 0 aliphatic heterocycles. The summed E-state index contributed by atoms with van der Waals surface area (Å²) in [7, 11) is 3.21. The van der Waals surface area contributed by atoms with Crippen LogP contribution in [0, 0.1) is 0 Å². The van der Waals surface area contributed by atoms with Crippen LogP contribution >= 0.6 is 0 Å². The van der Waals surface area contributed by atoms with Crippen molar-refractivity contribution in [3.8, 4) is 11.6 Å². The Kier molecular flexibility index (Phi) is 4.88. The summed E-state index contributed by atoms with van der Waals surface area (Å²) >= 11 is 0. The highest BCUT2D eigenvalue weighted by molar-refractivity contribution is 5.64. The first-order valence-electron chi connectivity index (χ1n) is 7.20. The predicted molar refractivity (Wildman–Crippen MR) is 78.3 cm³/mol. The molecule has 1 unspecified atom stereocenters. The second-order valence-corrected chi connectivity index (χ2v) is 5.27. The van der Waals surface area contributed by atoms with Gasteiger partial charge in [0.25, 0.3) is 0 Å². The van der Waals surface area contributed by atoms with E-state index in [2.05, 4.69) is 10.3 Å². The van der Waals surface area contributed by atoms with Gasteiger partial charge in [-0.15, -0.1) is 0 Å². The van der Waals surface area contributed by atoms with E-state index in [0.717, 1.165) is 24.1 Å². The lowest BCUT2D eigenvalue weighted by atomic mass is 10.1. The van der Waals surface area contributed by atoms with Gasteiger partial charge in [0.1, 0.15) is 5.75 Å². The van der Waals surface area contributed by atoms with E-state index in [0.29, 0.717) is 30.4 Å². The summed E-state index contributed by atoms with van der Waals surface area (Å²) in [5.41, 5.74) is 1.80. The van der Waals surface area contributed by atoms with Gasteiger partial charge in [0.2, 0.25) is 5.88 Å². The molecule has 0 radical (unpaired) electrons. The molecule has 6 heteroatoms. The van der Waals surface area contributed by atoms with Crippen LogP contribution in [0.5, 0.6) is 11.6 Å². The summed E-state index contributed by atoms with van der Waals surface area (Å²) in [6.07, 6.45) is 2.44. The van der Waals surface area contributed by atoms with Crippen LogP contribution in [-0.4, -0.2) is 36.4 Å². The summed E-state index contributed by atoms with van der Waals surface area (Å²) in [6.45, 7) is 1.93. The van der Waals surface area contributed by atoms with Crippen molar-refractivity contribution in [2.75, 3.05) is 14.2 Å². The van der Waals surface area contributed by atoms with Crippen LogP contribution in [0.4, 0.5) is 4.79 Å². The number of carbonyl (C=O) groups is 1. The first-order valence-corrected chi connectivity index (χ1v) is 7.20. The van der Waals surface area contributed by atoms with E-state index in [4.69, 9.17) is 14.6 Å². The SMILES string of the molecule is CCC(Cc1nc(OC)c(C2CC2)cc1OC)NC(=O)O. The maximum absolute atomic E-state index is 10.8. The summed E-state index contributed by atoms with van der Waals surface area (Å²) < 4.78 is 10.8. The van der Waals surface area contributed by atoms with E-state index in [1.165, 1.54) is 0 Å². The Morgan fingerprint density at radius 1 is 1.48 bits per heavy atom. The fourth-order valence-electron chi connectivity index (χ4n) is 2.41. The zero-order valence-electron chi connectivity index (χ0n) is 12.7.